The summed E-state index contributed by atoms with van der Waals surface area (Å²) >= 11 is 0. The first kappa shape index (κ1) is 18.9. The number of hydrogen-bond acceptors (Lipinski definition) is 5. The fourth-order valence-corrected chi connectivity index (χ4v) is 3.47. The molecule has 5 rings (SSSR count). The Labute approximate surface area is 178 Å². The molecule has 0 aliphatic carbocycles. The van der Waals surface area contributed by atoms with Crippen LogP contribution in [0.25, 0.3) is 16.7 Å². The predicted molar refractivity (Wildman–Crippen MR) is 117 cm³/mol. The van der Waals surface area contributed by atoms with Crippen molar-refractivity contribution >= 4 is 28.3 Å². The van der Waals surface area contributed by atoms with Crippen molar-refractivity contribution in [1.29, 1.82) is 0 Å². The number of aryl methyl sites for hydroxylation is 2. The molecule has 0 saturated carbocycles. The Balaban J connectivity index is 1.34. The molecule has 0 fully saturated rings. The molecule has 154 valence electrons. The number of ether oxygens (including phenoxy) is 1. The van der Waals surface area contributed by atoms with Crippen LogP contribution in [0.3, 0.4) is 0 Å². The lowest BCUT2D eigenvalue weighted by Gasteiger charge is -2.11. The number of pyridine rings is 1. The molecule has 7 heteroatoms. The fourth-order valence-electron chi connectivity index (χ4n) is 3.47. The third-order valence-corrected chi connectivity index (χ3v) is 4.91. The van der Waals surface area contributed by atoms with Gasteiger partial charge in [0, 0.05) is 31.1 Å². The highest BCUT2D eigenvalue weighted by molar-refractivity contribution is 6.06. The molecule has 0 aliphatic rings. The normalized spacial score (nSPS) is 11.2. The summed E-state index contributed by atoms with van der Waals surface area (Å²) in [6.45, 7) is 4.08. The Bertz CT molecular complexity index is 1420. The average Bonchev–Trinajstić information content (AvgIpc) is 3.33. The van der Waals surface area contributed by atoms with Gasteiger partial charge in [-0.25, -0.2) is 9.97 Å². The number of fused-ring (bicyclic) bond motifs is 2. The lowest BCUT2D eigenvalue weighted by molar-refractivity contribution is 0.102. The minimum atomic E-state index is -0.267. The summed E-state index contributed by atoms with van der Waals surface area (Å²) in [7, 11) is 0. The zero-order chi connectivity index (χ0) is 21.4. The Morgan fingerprint density at radius 3 is 2.84 bits per heavy atom. The first-order valence-corrected chi connectivity index (χ1v) is 9.90. The van der Waals surface area contributed by atoms with E-state index in [1.54, 1.807) is 37.3 Å². The molecule has 0 saturated heterocycles. The van der Waals surface area contributed by atoms with Crippen molar-refractivity contribution in [2.24, 2.45) is 0 Å². The van der Waals surface area contributed by atoms with E-state index in [1.807, 2.05) is 48.0 Å². The van der Waals surface area contributed by atoms with Gasteiger partial charge in [-0.2, -0.15) is 0 Å². The molecule has 5 aromatic rings. The zero-order valence-corrected chi connectivity index (χ0v) is 17.1. The SMILES string of the molecule is Cc1ccc2nc(COc3ccccc3C(=O)Nc3ccc4nc(C)oc4c3)cn2c1. The number of imidazole rings is 1. The second-order valence-corrected chi connectivity index (χ2v) is 7.36. The van der Waals surface area contributed by atoms with E-state index in [2.05, 4.69) is 15.3 Å². The number of carbonyl (C=O) groups is 1. The maximum Gasteiger partial charge on any atom is 0.259 e. The number of para-hydroxylation sites is 1. The number of nitrogens with one attached hydrogen (secondary N) is 1. The molecule has 0 radical (unpaired) electrons. The molecule has 7 nitrogen and oxygen atoms in total. The first-order valence-electron chi connectivity index (χ1n) is 9.90. The fraction of sp³-hybridized carbons (Fsp3) is 0.125. The Hall–Kier alpha value is -4.13. The van der Waals surface area contributed by atoms with Crippen molar-refractivity contribution in [3.8, 4) is 5.75 Å². The molecule has 0 aliphatic heterocycles. The third kappa shape index (κ3) is 3.85. The molecule has 3 heterocycles. The number of rotatable bonds is 5. The van der Waals surface area contributed by atoms with Crippen molar-refractivity contribution in [3.05, 3.63) is 89.7 Å². The van der Waals surface area contributed by atoms with E-state index in [1.165, 1.54) is 0 Å². The second-order valence-electron chi connectivity index (χ2n) is 7.36. The lowest BCUT2D eigenvalue weighted by atomic mass is 10.2. The largest absolute Gasteiger partial charge is 0.486 e. The molecule has 0 atom stereocenters. The van der Waals surface area contributed by atoms with Gasteiger partial charge in [-0.15, -0.1) is 0 Å². The number of amides is 1. The second kappa shape index (κ2) is 7.60. The van der Waals surface area contributed by atoms with Gasteiger partial charge in [0.1, 0.15) is 23.5 Å². The summed E-state index contributed by atoms with van der Waals surface area (Å²) in [5.74, 6) is 0.806. The van der Waals surface area contributed by atoms with Crippen LogP contribution in [-0.2, 0) is 6.61 Å². The number of anilines is 1. The molecule has 31 heavy (non-hydrogen) atoms. The maximum absolute atomic E-state index is 12.9. The highest BCUT2D eigenvalue weighted by atomic mass is 16.5. The molecule has 2 aromatic carbocycles. The standard InChI is InChI=1S/C24H20N4O3/c1-15-7-10-23-26-18(13-28(23)12-15)14-30-21-6-4-3-5-19(21)24(29)27-17-8-9-20-22(11-17)31-16(2)25-20/h3-13H,14H2,1-2H3,(H,27,29). The van der Waals surface area contributed by atoms with Crippen LogP contribution in [0.5, 0.6) is 5.75 Å². The topological polar surface area (TPSA) is 81.7 Å². The van der Waals surface area contributed by atoms with Crippen LogP contribution in [0.4, 0.5) is 5.69 Å². The monoisotopic (exact) mass is 412 g/mol. The summed E-state index contributed by atoms with van der Waals surface area (Å²) in [5.41, 5.74) is 5.23. The highest BCUT2D eigenvalue weighted by Crippen LogP contribution is 2.23. The van der Waals surface area contributed by atoms with Gasteiger partial charge in [0.2, 0.25) is 0 Å². The van der Waals surface area contributed by atoms with Gasteiger partial charge in [0.25, 0.3) is 5.91 Å². The van der Waals surface area contributed by atoms with E-state index in [-0.39, 0.29) is 12.5 Å². The van der Waals surface area contributed by atoms with Gasteiger partial charge >= 0.3 is 0 Å². The number of carbonyl (C=O) groups excluding carboxylic acids is 1. The smallest absolute Gasteiger partial charge is 0.259 e. The molecule has 0 spiro atoms. The van der Waals surface area contributed by atoms with Crippen LogP contribution in [0, 0.1) is 13.8 Å². The van der Waals surface area contributed by atoms with E-state index < -0.39 is 0 Å². The van der Waals surface area contributed by atoms with Gasteiger partial charge in [0.15, 0.2) is 11.5 Å². The zero-order valence-electron chi connectivity index (χ0n) is 17.1. The molecule has 0 bridgehead atoms. The molecule has 1 amide bonds. The van der Waals surface area contributed by atoms with E-state index in [4.69, 9.17) is 9.15 Å². The number of oxazole rings is 1. The number of hydrogen-bond donors (Lipinski definition) is 1. The first-order chi connectivity index (χ1) is 15.0. The lowest BCUT2D eigenvalue weighted by Crippen LogP contribution is -2.13. The molecule has 3 aromatic heterocycles. The molecular weight excluding hydrogens is 392 g/mol. The molecule has 1 N–H and O–H groups in total. The Morgan fingerprint density at radius 2 is 1.94 bits per heavy atom. The molecular formula is C24H20N4O3. The Kier molecular flexibility index (Phi) is 4.63. The molecule has 0 unspecified atom stereocenters. The number of aromatic nitrogens is 3. The van der Waals surface area contributed by atoms with Crippen molar-refractivity contribution < 1.29 is 13.9 Å². The van der Waals surface area contributed by atoms with E-state index in [0.717, 1.165) is 22.4 Å². The van der Waals surface area contributed by atoms with Crippen molar-refractivity contribution in [1.82, 2.24) is 14.4 Å². The number of nitrogens with zero attached hydrogens (tertiary/aromatic N) is 3. The van der Waals surface area contributed by atoms with Gasteiger partial charge in [-0.05, 0) is 42.8 Å². The van der Waals surface area contributed by atoms with Crippen LogP contribution in [0.15, 0.2) is 71.4 Å². The minimum Gasteiger partial charge on any atom is -0.486 e. The van der Waals surface area contributed by atoms with Gasteiger partial charge in [-0.3, -0.25) is 4.79 Å². The van der Waals surface area contributed by atoms with E-state index in [0.29, 0.717) is 28.5 Å². The number of benzene rings is 2. The highest BCUT2D eigenvalue weighted by Gasteiger charge is 2.14. The summed E-state index contributed by atoms with van der Waals surface area (Å²) < 4.78 is 13.5. The van der Waals surface area contributed by atoms with Gasteiger partial charge in [0.05, 0.1) is 11.3 Å². The van der Waals surface area contributed by atoms with Gasteiger partial charge in [-0.1, -0.05) is 18.2 Å². The Morgan fingerprint density at radius 1 is 1.06 bits per heavy atom. The predicted octanol–water partition coefficient (Wildman–Crippen LogP) is 4.92. The van der Waals surface area contributed by atoms with Crippen LogP contribution in [0.2, 0.25) is 0 Å². The summed E-state index contributed by atoms with van der Waals surface area (Å²) in [6.07, 6.45) is 3.94. The van der Waals surface area contributed by atoms with E-state index >= 15 is 0 Å². The summed E-state index contributed by atoms with van der Waals surface area (Å²) in [5, 5.41) is 2.90. The van der Waals surface area contributed by atoms with Crippen molar-refractivity contribution in [3.63, 3.8) is 0 Å². The van der Waals surface area contributed by atoms with Crippen LogP contribution in [0.1, 0.15) is 27.5 Å². The van der Waals surface area contributed by atoms with Crippen LogP contribution < -0.4 is 10.1 Å². The van der Waals surface area contributed by atoms with Gasteiger partial charge < -0.3 is 18.9 Å². The third-order valence-electron chi connectivity index (χ3n) is 4.91. The van der Waals surface area contributed by atoms with Crippen LogP contribution >= 0.6 is 0 Å². The minimum absolute atomic E-state index is 0.258. The van der Waals surface area contributed by atoms with Crippen molar-refractivity contribution in [2.75, 3.05) is 5.32 Å². The summed E-state index contributed by atoms with van der Waals surface area (Å²) in [6, 6.07) is 16.5. The quantitative estimate of drug-likeness (QED) is 0.443. The van der Waals surface area contributed by atoms with Crippen molar-refractivity contribution in [2.45, 2.75) is 20.5 Å². The summed E-state index contributed by atoms with van der Waals surface area (Å²) in [4.78, 5) is 21.7. The maximum atomic E-state index is 12.9. The van der Waals surface area contributed by atoms with Crippen LogP contribution in [-0.4, -0.2) is 20.3 Å². The average molecular weight is 412 g/mol. The van der Waals surface area contributed by atoms with E-state index in [9.17, 15) is 4.79 Å².